The topological polar surface area (TPSA) is 92.9 Å². The number of rotatable bonds is 10. The van der Waals surface area contributed by atoms with E-state index in [0.29, 0.717) is 11.4 Å². The molecule has 0 aliphatic heterocycles. The zero-order chi connectivity index (χ0) is 28.2. The molecule has 0 bridgehead atoms. The molecular formula is C31H36FN5O2. The van der Waals surface area contributed by atoms with Gasteiger partial charge in [0.2, 0.25) is 0 Å². The molecule has 0 aliphatic rings. The highest BCUT2D eigenvalue weighted by Gasteiger charge is 2.34. The van der Waals surface area contributed by atoms with Gasteiger partial charge in [-0.15, -0.1) is 5.10 Å². The van der Waals surface area contributed by atoms with Crippen LogP contribution in [0.3, 0.4) is 0 Å². The van der Waals surface area contributed by atoms with Crippen molar-refractivity contribution in [2.45, 2.75) is 65.1 Å². The fourth-order valence-corrected chi connectivity index (χ4v) is 5.34. The van der Waals surface area contributed by atoms with E-state index in [4.69, 9.17) is 0 Å². The third-order valence-electron chi connectivity index (χ3n) is 6.66. The Hall–Kier alpha value is -3.91. The summed E-state index contributed by atoms with van der Waals surface area (Å²) in [5.74, 6) is -0.773. The minimum atomic E-state index is -0.970. The second-order valence-corrected chi connectivity index (χ2v) is 11.8. The van der Waals surface area contributed by atoms with Crippen molar-refractivity contribution < 1.29 is 14.3 Å². The van der Waals surface area contributed by atoms with Gasteiger partial charge < -0.3 is 5.11 Å². The van der Waals surface area contributed by atoms with Gasteiger partial charge in [0.25, 0.3) is 0 Å². The molecule has 1 aromatic heterocycles. The largest absolute Gasteiger partial charge is 0.481 e. The van der Waals surface area contributed by atoms with Crippen molar-refractivity contribution in [2.24, 2.45) is 5.41 Å². The number of hydrogen-bond acceptors (Lipinski definition) is 5. The summed E-state index contributed by atoms with van der Waals surface area (Å²) in [7, 11) is 0. The summed E-state index contributed by atoms with van der Waals surface area (Å²) in [4.78, 5) is 11.9. The number of benzene rings is 3. The van der Waals surface area contributed by atoms with E-state index >= 15 is 0 Å². The number of hydrogen-bond donors (Lipinski definition) is 2. The summed E-state index contributed by atoms with van der Waals surface area (Å²) < 4.78 is 15.5. The number of nitrogens with one attached hydrogen (secondary N) is 1. The van der Waals surface area contributed by atoms with Crippen LogP contribution in [0.4, 0.5) is 4.39 Å². The SMILES string of the molecule is CC(C)(C)CC(C)(C)n1nnnc1C(NC(CC(=O)O)c1ccc(F)cc1)c1ccc(-c2ccccc2)cc1. The second kappa shape index (κ2) is 11.5. The van der Waals surface area contributed by atoms with Crippen molar-refractivity contribution in [3.8, 4) is 11.1 Å². The predicted octanol–water partition coefficient (Wildman–Crippen LogP) is 6.55. The lowest BCUT2D eigenvalue weighted by atomic mass is 9.81. The van der Waals surface area contributed by atoms with Crippen molar-refractivity contribution in [3.63, 3.8) is 0 Å². The van der Waals surface area contributed by atoms with E-state index in [0.717, 1.165) is 23.1 Å². The van der Waals surface area contributed by atoms with Gasteiger partial charge in [-0.1, -0.05) is 87.5 Å². The highest BCUT2D eigenvalue weighted by atomic mass is 19.1. The van der Waals surface area contributed by atoms with Crippen LogP contribution in [0.15, 0.2) is 78.9 Å². The molecule has 0 amide bonds. The fraction of sp³-hybridized carbons (Fsp3) is 0.355. The maximum absolute atomic E-state index is 13.7. The van der Waals surface area contributed by atoms with E-state index < -0.39 is 23.6 Å². The van der Waals surface area contributed by atoms with E-state index in [1.807, 2.05) is 47.1 Å². The quantitative estimate of drug-likeness (QED) is 0.242. The molecule has 204 valence electrons. The molecule has 7 nitrogen and oxygen atoms in total. The first-order valence-electron chi connectivity index (χ1n) is 13.1. The Morgan fingerprint density at radius 3 is 2.08 bits per heavy atom. The van der Waals surface area contributed by atoms with E-state index in [1.54, 1.807) is 12.1 Å². The minimum Gasteiger partial charge on any atom is -0.481 e. The van der Waals surface area contributed by atoms with E-state index in [9.17, 15) is 14.3 Å². The van der Waals surface area contributed by atoms with Crippen LogP contribution in [0.5, 0.6) is 0 Å². The molecule has 0 fully saturated rings. The summed E-state index contributed by atoms with van der Waals surface area (Å²) in [5, 5.41) is 26.1. The number of carboxylic acid groups (broad SMARTS) is 1. The first kappa shape index (κ1) is 28.1. The van der Waals surface area contributed by atoms with Crippen molar-refractivity contribution in [3.05, 3.63) is 102 Å². The first-order valence-corrected chi connectivity index (χ1v) is 13.1. The lowest BCUT2D eigenvalue weighted by Crippen LogP contribution is -2.38. The summed E-state index contributed by atoms with van der Waals surface area (Å²) >= 11 is 0. The molecule has 0 saturated heterocycles. The Balaban J connectivity index is 1.79. The molecule has 2 N–H and O–H groups in total. The molecule has 0 radical (unpaired) electrons. The summed E-state index contributed by atoms with van der Waals surface area (Å²) in [6.07, 6.45) is 0.616. The van der Waals surface area contributed by atoms with Crippen LogP contribution in [0, 0.1) is 11.2 Å². The highest BCUT2D eigenvalue weighted by molar-refractivity contribution is 5.68. The standard InChI is InChI=1S/C31H36FN5O2/c1-30(2,3)20-31(4,5)37-29(34-35-36-37)28(24-13-11-22(12-14-24)21-9-7-6-8-10-21)33-26(19-27(38)39)23-15-17-25(32)18-16-23/h6-18,26,28,33H,19-20H2,1-5H3,(H,38,39). The van der Waals surface area contributed by atoms with Gasteiger partial charge in [-0.05, 0) is 70.5 Å². The van der Waals surface area contributed by atoms with Gasteiger partial charge >= 0.3 is 5.97 Å². The molecule has 2 atom stereocenters. The van der Waals surface area contributed by atoms with Crippen LogP contribution in [0.25, 0.3) is 11.1 Å². The first-order chi connectivity index (χ1) is 18.4. The lowest BCUT2D eigenvalue weighted by molar-refractivity contribution is -0.137. The van der Waals surface area contributed by atoms with Crippen LogP contribution in [-0.2, 0) is 10.3 Å². The molecule has 8 heteroatoms. The third kappa shape index (κ3) is 7.15. The fourth-order valence-electron chi connectivity index (χ4n) is 5.34. The Morgan fingerprint density at radius 1 is 0.897 bits per heavy atom. The molecular weight excluding hydrogens is 493 g/mol. The average Bonchev–Trinajstić information content (AvgIpc) is 3.37. The van der Waals surface area contributed by atoms with Gasteiger partial charge in [0.05, 0.1) is 18.0 Å². The van der Waals surface area contributed by atoms with Gasteiger partial charge in [-0.2, -0.15) is 0 Å². The number of halogens is 1. The van der Waals surface area contributed by atoms with Crippen LogP contribution in [0.2, 0.25) is 0 Å². The monoisotopic (exact) mass is 529 g/mol. The minimum absolute atomic E-state index is 0.0208. The Kier molecular flexibility index (Phi) is 8.25. The number of aliphatic carboxylic acids is 1. The van der Waals surface area contributed by atoms with Crippen molar-refractivity contribution in [1.82, 2.24) is 25.5 Å². The molecule has 0 spiro atoms. The third-order valence-corrected chi connectivity index (χ3v) is 6.66. The maximum Gasteiger partial charge on any atom is 0.305 e. The van der Waals surface area contributed by atoms with Gasteiger partial charge in [0, 0.05) is 6.04 Å². The molecule has 39 heavy (non-hydrogen) atoms. The van der Waals surface area contributed by atoms with Crippen LogP contribution in [-0.4, -0.2) is 31.3 Å². The molecule has 1 heterocycles. The van der Waals surface area contributed by atoms with Gasteiger partial charge in [-0.3, -0.25) is 10.1 Å². The Morgan fingerprint density at radius 2 is 1.49 bits per heavy atom. The van der Waals surface area contributed by atoms with Crippen LogP contribution < -0.4 is 5.32 Å². The van der Waals surface area contributed by atoms with Crippen LogP contribution >= 0.6 is 0 Å². The van der Waals surface area contributed by atoms with Gasteiger partial charge in [0.15, 0.2) is 5.82 Å². The number of tetrazole rings is 1. The van der Waals surface area contributed by atoms with Crippen LogP contribution in [0.1, 0.15) is 76.5 Å². The average molecular weight is 530 g/mol. The van der Waals surface area contributed by atoms with Crippen molar-refractivity contribution >= 4 is 5.97 Å². The summed E-state index contributed by atoms with van der Waals surface area (Å²) in [5.41, 5.74) is 3.31. The smallest absolute Gasteiger partial charge is 0.305 e. The van der Waals surface area contributed by atoms with E-state index in [1.165, 1.54) is 12.1 Å². The number of carbonyl (C=O) groups is 1. The number of carboxylic acids is 1. The zero-order valence-electron chi connectivity index (χ0n) is 23.1. The van der Waals surface area contributed by atoms with Gasteiger partial charge in [-0.25, -0.2) is 9.07 Å². The number of nitrogens with zero attached hydrogens (tertiary/aromatic N) is 4. The number of aromatic nitrogens is 4. The molecule has 3 aromatic carbocycles. The molecule has 0 aliphatic carbocycles. The van der Waals surface area contributed by atoms with Crippen molar-refractivity contribution in [2.75, 3.05) is 0 Å². The maximum atomic E-state index is 13.7. The molecule has 4 aromatic rings. The molecule has 2 unspecified atom stereocenters. The van der Waals surface area contributed by atoms with E-state index in [2.05, 4.69) is 67.6 Å². The normalized spacial score (nSPS) is 13.7. The molecule has 4 rings (SSSR count). The zero-order valence-corrected chi connectivity index (χ0v) is 23.1. The van der Waals surface area contributed by atoms with Crippen molar-refractivity contribution in [1.29, 1.82) is 0 Å². The Bertz CT molecular complexity index is 1380. The second-order valence-electron chi connectivity index (χ2n) is 11.8. The lowest BCUT2D eigenvalue weighted by Gasteiger charge is -2.34. The summed E-state index contributed by atoms with van der Waals surface area (Å²) in [6, 6.07) is 22.9. The highest BCUT2D eigenvalue weighted by Crippen LogP contribution is 2.35. The van der Waals surface area contributed by atoms with Gasteiger partial charge in [0.1, 0.15) is 5.82 Å². The predicted molar refractivity (Wildman–Crippen MR) is 149 cm³/mol. The molecule has 0 saturated carbocycles. The van der Waals surface area contributed by atoms with E-state index in [-0.39, 0.29) is 17.7 Å². The Labute approximate surface area is 229 Å². The summed E-state index contributed by atoms with van der Waals surface area (Å²) in [6.45, 7) is 10.7.